The third-order valence-corrected chi connectivity index (χ3v) is 7.20. The third-order valence-electron chi connectivity index (χ3n) is 5.29. The van der Waals surface area contributed by atoms with Crippen LogP contribution in [0, 0.1) is 11.8 Å². The molecule has 1 aliphatic rings. The van der Waals surface area contributed by atoms with Crippen molar-refractivity contribution in [1.29, 1.82) is 0 Å². The monoisotopic (exact) mass is 408 g/mol. The van der Waals surface area contributed by atoms with Gasteiger partial charge in [0.05, 0.1) is 4.90 Å². The topological polar surface area (TPSA) is 83.6 Å². The molecule has 1 atom stereocenters. The molecule has 1 aromatic carbocycles. The molecule has 7 heteroatoms. The molecule has 1 aromatic rings. The number of hydrogen-bond donors (Lipinski definition) is 1. The normalized spacial score (nSPS) is 17.5. The van der Waals surface area contributed by atoms with Crippen LogP contribution in [0.5, 0.6) is 0 Å². The SMILES string of the molecule is CC(=O)c1ccc(S(=O)(=O)N2CCC(C(=O)NC(C)CCC(C)C)CC2)cc1. The Kier molecular flexibility index (Phi) is 7.78. The van der Waals surface area contributed by atoms with Crippen LogP contribution in [0.4, 0.5) is 0 Å². The summed E-state index contributed by atoms with van der Waals surface area (Å²) < 4.78 is 27.1. The lowest BCUT2D eigenvalue weighted by molar-refractivity contribution is -0.126. The molecule has 1 amide bonds. The lowest BCUT2D eigenvalue weighted by Crippen LogP contribution is -2.44. The number of ketones is 1. The van der Waals surface area contributed by atoms with Gasteiger partial charge >= 0.3 is 0 Å². The van der Waals surface area contributed by atoms with Gasteiger partial charge in [0.2, 0.25) is 15.9 Å². The Balaban J connectivity index is 1.91. The minimum Gasteiger partial charge on any atom is -0.353 e. The number of Topliss-reactive ketones (excluding diaryl/α,β-unsaturated/α-hetero) is 1. The molecule has 156 valence electrons. The highest BCUT2D eigenvalue weighted by Crippen LogP contribution is 2.24. The van der Waals surface area contributed by atoms with E-state index in [2.05, 4.69) is 19.2 Å². The molecule has 0 aliphatic carbocycles. The van der Waals surface area contributed by atoms with Gasteiger partial charge in [0, 0.05) is 30.6 Å². The first-order valence-electron chi connectivity index (χ1n) is 10.0. The van der Waals surface area contributed by atoms with E-state index in [4.69, 9.17) is 0 Å². The molecule has 6 nitrogen and oxygen atoms in total. The number of amides is 1. The molecule has 0 aromatic heterocycles. The predicted octanol–water partition coefficient (Wildman–Crippen LogP) is 3.23. The smallest absolute Gasteiger partial charge is 0.243 e. The number of sulfonamides is 1. The summed E-state index contributed by atoms with van der Waals surface area (Å²) in [6.07, 6.45) is 3.06. The van der Waals surface area contributed by atoms with Gasteiger partial charge in [-0.3, -0.25) is 9.59 Å². The molecule has 0 saturated carbocycles. The fraction of sp³-hybridized carbons (Fsp3) is 0.619. The second kappa shape index (κ2) is 9.65. The molecule has 1 saturated heterocycles. The summed E-state index contributed by atoms with van der Waals surface area (Å²) in [4.78, 5) is 24.0. The zero-order valence-electron chi connectivity index (χ0n) is 17.3. The Hall–Kier alpha value is -1.73. The lowest BCUT2D eigenvalue weighted by atomic mass is 9.96. The van der Waals surface area contributed by atoms with E-state index < -0.39 is 10.0 Å². The standard InChI is InChI=1S/C21H32N2O4S/c1-15(2)5-6-16(3)22-21(25)19-11-13-23(14-12-19)28(26,27)20-9-7-18(8-10-20)17(4)24/h7-10,15-16,19H,5-6,11-14H2,1-4H3,(H,22,25). The van der Waals surface area contributed by atoms with E-state index in [0.29, 0.717) is 37.4 Å². The van der Waals surface area contributed by atoms with Crippen LogP contribution in [0.15, 0.2) is 29.2 Å². The number of rotatable bonds is 8. The lowest BCUT2D eigenvalue weighted by Gasteiger charge is -2.31. The summed E-state index contributed by atoms with van der Waals surface area (Å²) in [7, 11) is -3.60. The summed E-state index contributed by atoms with van der Waals surface area (Å²) in [5.41, 5.74) is 0.487. The van der Waals surface area contributed by atoms with Crippen molar-refractivity contribution in [3.05, 3.63) is 29.8 Å². The van der Waals surface area contributed by atoms with Gasteiger partial charge in [-0.2, -0.15) is 4.31 Å². The van der Waals surface area contributed by atoms with Gasteiger partial charge in [-0.15, -0.1) is 0 Å². The Morgan fingerprint density at radius 3 is 2.14 bits per heavy atom. The molecule has 1 N–H and O–H groups in total. The highest BCUT2D eigenvalue weighted by Gasteiger charge is 2.32. The summed E-state index contributed by atoms with van der Waals surface area (Å²) >= 11 is 0. The first kappa shape index (κ1) is 22.6. The number of carbonyl (C=O) groups excluding carboxylic acids is 2. The molecular formula is C21H32N2O4S. The quantitative estimate of drug-likeness (QED) is 0.670. The van der Waals surface area contributed by atoms with Gasteiger partial charge in [-0.25, -0.2) is 8.42 Å². The number of nitrogens with zero attached hydrogens (tertiary/aromatic N) is 1. The maximum Gasteiger partial charge on any atom is 0.243 e. The molecule has 0 bridgehead atoms. The summed E-state index contributed by atoms with van der Waals surface area (Å²) in [5, 5.41) is 3.07. The minimum atomic E-state index is -3.60. The van der Waals surface area contributed by atoms with Crippen LogP contribution in [0.3, 0.4) is 0 Å². The largest absolute Gasteiger partial charge is 0.353 e. The molecule has 1 fully saturated rings. The van der Waals surface area contributed by atoms with Gasteiger partial charge in [0.25, 0.3) is 0 Å². The minimum absolute atomic E-state index is 0.0270. The van der Waals surface area contributed by atoms with E-state index >= 15 is 0 Å². The van der Waals surface area contributed by atoms with Crippen LogP contribution < -0.4 is 5.32 Å². The van der Waals surface area contributed by atoms with Crippen molar-refractivity contribution in [3.8, 4) is 0 Å². The number of benzene rings is 1. The molecule has 0 radical (unpaired) electrons. The number of piperidine rings is 1. The van der Waals surface area contributed by atoms with Gasteiger partial charge in [0.1, 0.15) is 0 Å². The van der Waals surface area contributed by atoms with Gasteiger partial charge < -0.3 is 5.32 Å². The summed E-state index contributed by atoms with van der Waals surface area (Å²) in [6, 6.07) is 6.15. The van der Waals surface area contributed by atoms with E-state index in [0.717, 1.165) is 12.8 Å². The molecular weight excluding hydrogens is 376 g/mol. The van der Waals surface area contributed by atoms with Crippen molar-refractivity contribution >= 4 is 21.7 Å². The van der Waals surface area contributed by atoms with E-state index in [1.54, 1.807) is 0 Å². The molecule has 0 spiro atoms. The predicted molar refractivity (Wildman–Crippen MR) is 110 cm³/mol. The second-order valence-corrected chi connectivity index (χ2v) is 10.1. The van der Waals surface area contributed by atoms with Crippen LogP contribution >= 0.6 is 0 Å². The van der Waals surface area contributed by atoms with Crippen LogP contribution in [0.2, 0.25) is 0 Å². The van der Waals surface area contributed by atoms with E-state index in [1.807, 2.05) is 6.92 Å². The van der Waals surface area contributed by atoms with Gasteiger partial charge in [-0.05, 0) is 57.6 Å². The third kappa shape index (κ3) is 5.88. The van der Waals surface area contributed by atoms with Crippen LogP contribution in [-0.2, 0) is 14.8 Å². The Bertz CT molecular complexity index is 779. The summed E-state index contributed by atoms with van der Waals surface area (Å²) in [5.74, 6) is 0.392. The van der Waals surface area contributed by atoms with E-state index in [9.17, 15) is 18.0 Å². The Labute approximate surface area is 168 Å². The Morgan fingerprint density at radius 1 is 1.07 bits per heavy atom. The first-order chi connectivity index (χ1) is 13.1. The maximum absolute atomic E-state index is 12.8. The second-order valence-electron chi connectivity index (χ2n) is 8.14. The van der Waals surface area contributed by atoms with Crippen molar-refractivity contribution in [2.75, 3.05) is 13.1 Å². The van der Waals surface area contributed by atoms with Crippen LogP contribution in [0.25, 0.3) is 0 Å². The fourth-order valence-electron chi connectivity index (χ4n) is 3.39. The highest BCUT2D eigenvalue weighted by molar-refractivity contribution is 7.89. The number of carbonyl (C=O) groups is 2. The highest BCUT2D eigenvalue weighted by atomic mass is 32.2. The summed E-state index contributed by atoms with van der Waals surface area (Å²) in [6.45, 7) is 8.45. The van der Waals surface area contributed by atoms with Crippen molar-refractivity contribution in [2.24, 2.45) is 11.8 Å². The van der Waals surface area contributed by atoms with Crippen LogP contribution in [0.1, 0.15) is 63.7 Å². The molecule has 28 heavy (non-hydrogen) atoms. The van der Waals surface area contributed by atoms with E-state index in [-0.39, 0.29) is 28.5 Å². The van der Waals surface area contributed by atoms with Crippen molar-refractivity contribution in [2.45, 2.75) is 64.3 Å². The molecule has 2 rings (SSSR count). The van der Waals surface area contributed by atoms with Crippen molar-refractivity contribution < 1.29 is 18.0 Å². The van der Waals surface area contributed by atoms with Crippen LogP contribution in [-0.4, -0.2) is 43.5 Å². The van der Waals surface area contributed by atoms with Crippen molar-refractivity contribution in [1.82, 2.24) is 9.62 Å². The number of hydrogen-bond acceptors (Lipinski definition) is 4. The van der Waals surface area contributed by atoms with Crippen molar-refractivity contribution in [3.63, 3.8) is 0 Å². The average molecular weight is 409 g/mol. The molecule has 1 unspecified atom stereocenters. The zero-order valence-corrected chi connectivity index (χ0v) is 18.1. The van der Waals surface area contributed by atoms with Gasteiger partial charge in [-0.1, -0.05) is 26.0 Å². The maximum atomic E-state index is 12.8. The zero-order chi connectivity index (χ0) is 20.9. The number of nitrogens with one attached hydrogen (secondary N) is 1. The van der Waals surface area contributed by atoms with Gasteiger partial charge in [0.15, 0.2) is 5.78 Å². The van der Waals surface area contributed by atoms with E-state index in [1.165, 1.54) is 35.5 Å². The first-order valence-corrected chi connectivity index (χ1v) is 11.5. The Morgan fingerprint density at radius 2 is 1.64 bits per heavy atom. The fourth-order valence-corrected chi connectivity index (χ4v) is 4.85. The molecule has 1 aliphatic heterocycles. The molecule has 1 heterocycles. The average Bonchev–Trinajstić information content (AvgIpc) is 2.66.